The Morgan fingerprint density at radius 2 is 1.83 bits per heavy atom. The minimum Gasteiger partial charge on any atom is -0.313 e. The number of nitrogens with zero attached hydrogens (tertiary/aromatic N) is 2. The van der Waals surface area contributed by atoms with Crippen molar-refractivity contribution in [1.82, 2.24) is 0 Å². The normalized spacial score (nSPS) is 12.9. The Hall–Kier alpha value is -2.46. The average Bonchev–Trinajstić information content (AvgIpc) is 2.60. The van der Waals surface area contributed by atoms with E-state index in [-0.39, 0.29) is 27.9 Å². The third kappa shape index (κ3) is 6.26. The summed E-state index contributed by atoms with van der Waals surface area (Å²) in [6.07, 6.45) is -2.94. The molecule has 0 aromatic heterocycles. The lowest BCUT2D eigenvalue weighted by molar-refractivity contribution is -0.0913. The van der Waals surface area contributed by atoms with Gasteiger partial charge in [0.25, 0.3) is 0 Å². The molecular formula is C22H24F4N2S. The summed E-state index contributed by atoms with van der Waals surface area (Å²) in [5, 5.41) is 9.40. The van der Waals surface area contributed by atoms with Crippen LogP contribution >= 0.6 is 11.8 Å². The molecule has 0 aliphatic carbocycles. The van der Waals surface area contributed by atoms with Crippen molar-refractivity contribution in [2.24, 2.45) is 0 Å². The van der Waals surface area contributed by atoms with Gasteiger partial charge in [-0.15, -0.1) is 11.8 Å². The van der Waals surface area contributed by atoms with Crippen LogP contribution in [0, 0.1) is 17.1 Å². The van der Waals surface area contributed by atoms with Gasteiger partial charge in [-0.05, 0) is 45.4 Å². The van der Waals surface area contributed by atoms with E-state index in [1.54, 1.807) is 0 Å². The second-order valence-corrected chi connectivity index (χ2v) is 7.90. The van der Waals surface area contributed by atoms with E-state index in [2.05, 4.69) is 19.7 Å². The summed E-state index contributed by atoms with van der Waals surface area (Å²) >= 11 is 1.36. The molecule has 0 amide bonds. The van der Waals surface area contributed by atoms with Crippen LogP contribution < -0.4 is 4.90 Å². The highest BCUT2D eigenvalue weighted by atomic mass is 32.2. The fourth-order valence-electron chi connectivity index (χ4n) is 2.59. The molecule has 1 aromatic rings. The van der Waals surface area contributed by atoms with E-state index in [0.29, 0.717) is 4.90 Å². The van der Waals surface area contributed by atoms with Gasteiger partial charge in [0.05, 0.1) is 11.3 Å². The van der Waals surface area contributed by atoms with Crippen molar-refractivity contribution < 1.29 is 17.6 Å². The first-order chi connectivity index (χ1) is 13.3. The number of alkyl halides is 3. The third-order valence-electron chi connectivity index (χ3n) is 4.10. The molecule has 29 heavy (non-hydrogen) atoms. The highest BCUT2D eigenvalue weighted by Crippen LogP contribution is 2.38. The highest BCUT2D eigenvalue weighted by Gasteiger charge is 2.30. The number of benzene rings is 1. The van der Waals surface area contributed by atoms with Crippen molar-refractivity contribution in [1.29, 1.82) is 5.26 Å². The van der Waals surface area contributed by atoms with Crippen LogP contribution in [0.2, 0.25) is 0 Å². The quantitative estimate of drug-likeness (QED) is 0.187. The van der Waals surface area contributed by atoms with Crippen LogP contribution in [-0.2, 0) is 0 Å². The average molecular weight is 425 g/mol. The number of halogens is 4. The predicted molar refractivity (Wildman–Crippen MR) is 112 cm³/mol. The number of nitriles is 1. The molecule has 0 radical (unpaired) electrons. The molecule has 156 valence electrons. The number of rotatable bonds is 8. The number of hydrogen-bond donors (Lipinski definition) is 0. The van der Waals surface area contributed by atoms with Gasteiger partial charge in [0.1, 0.15) is 11.9 Å². The number of anilines is 1. The first-order valence-corrected chi connectivity index (χ1v) is 9.67. The molecule has 0 bridgehead atoms. The van der Waals surface area contributed by atoms with Gasteiger partial charge in [0, 0.05) is 27.1 Å². The second-order valence-electron chi connectivity index (χ2n) is 6.66. The summed E-state index contributed by atoms with van der Waals surface area (Å²) in [7, 11) is 0. The summed E-state index contributed by atoms with van der Waals surface area (Å²) < 4.78 is 53.5. The van der Waals surface area contributed by atoms with E-state index in [0.717, 1.165) is 31.1 Å². The molecule has 2 nitrogen and oxygen atoms in total. The first-order valence-electron chi connectivity index (χ1n) is 8.79. The summed E-state index contributed by atoms with van der Waals surface area (Å²) in [6, 6.07) is 4.49. The molecule has 0 N–H and O–H groups in total. The SMILES string of the molecule is C=C(C)C(CC)Sc1cc(N(C(=C)C)C(=C)/C=C(\C)C(F)(F)F)c(F)cc1C#N. The van der Waals surface area contributed by atoms with Crippen molar-refractivity contribution >= 4 is 17.4 Å². The minimum atomic E-state index is -4.52. The molecule has 0 saturated heterocycles. The zero-order chi connectivity index (χ0) is 22.5. The maximum Gasteiger partial charge on any atom is 0.412 e. The fourth-order valence-corrected chi connectivity index (χ4v) is 3.67. The molecule has 7 heteroatoms. The van der Waals surface area contributed by atoms with E-state index >= 15 is 0 Å². The topological polar surface area (TPSA) is 27.0 Å². The molecule has 0 spiro atoms. The molecule has 0 aliphatic heterocycles. The minimum absolute atomic E-state index is 0.00857. The van der Waals surface area contributed by atoms with Gasteiger partial charge in [0.15, 0.2) is 0 Å². The Morgan fingerprint density at radius 3 is 2.24 bits per heavy atom. The van der Waals surface area contributed by atoms with Crippen LogP contribution in [0.15, 0.2) is 65.4 Å². The fraction of sp³-hybridized carbons (Fsp3) is 0.318. The van der Waals surface area contributed by atoms with Gasteiger partial charge in [-0.3, -0.25) is 0 Å². The maximum absolute atomic E-state index is 14.8. The third-order valence-corrected chi connectivity index (χ3v) is 5.71. The Balaban J connectivity index is 3.54. The van der Waals surface area contributed by atoms with Crippen LogP contribution in [0.25, 0.3) is 0 Å². The van der Waals surface area contributed by atoms with Gasteiger partial charge in [-0.25, -0.2) is 4.39 Å². The number of allylic oxidation sites excluding steroid dienone is 3. The monoisotopic (exact) mass is 424 g/mol. The molecule has 0 aliphatic rings. The molecule has 1 rings (SSSR count). The van der Waals surface area contributed by atoms with E-state index in [1.807, 2.05) is 19.9 Å². The predicted octanol–water partition coefficient (Wildman–Crippen LogP) is 7.51. The van der Waals surface area contributed by atoms with Gasteiger partial charge < -0.3 is 4.90 Å². The summed E-state index contributed by atoms with van der Waals surface area (Å²) in [5.74, 6) is -0.753. The zero-order valence-corrected chi connectivity index (χ0v) is 17.8. The molecule has 1 atom stereocenters. The van der Waals surface area contributed by atoms with Crippen LogP contribution in [0.4, 0.5) is 23.2 Å². The van der Waals surface area contributed by atoms with Crippen LogP contribution in [0.3, 0.4) is 0 Å². The molecule has 0 saturated carbocycles. The van der Waals surface area contributed by atoms with Crippen LogP contribution in [-0.4, -0.2) is 11.4 Å². The molecule has 0 fully saturated rings. The van der Waals surface area contributed by atoms with E-state index in [4.69, 9.17) is 0 Å². The lowest BCUT2D eigenvalue weighted by Gasteiger charge is -2.27. The van der Waals surface area contributed by atoms with E-state index < -0.39 is 17.6 Å². The summed E-state index contributed by atoms with van der Waals surface area (Å²) in [4.78, 5) is 1.71. The molecule has 0 heterocycles. The molecule has 1 aromatic carbocycles. The maximum atomic E-state index is 14.8. The first kappa shape index (κ1) is 24.6. The van der Waals surface area contributed by atoms with Crippen molar-refractivity contribution in [2.45, 2.75) is 50.4 Å². The second kappa shape index (κ2) is 9.84. The van der Waals surface area contributed by atoms with Crippen LogP contribution in [0.1, 0.15) is 39.7 Å². The lowest BCUT2D eigenvalue weighted by Crippen LogP contribution is -2.21. The van der Waals surface area contributed by atoms with E-state index in [1.165, 1.54) is 29.7 Å². The van der Waals surface area contributed by atoms with Crippen molar-refractivity contribution in [2.75, 3.05) is 4.90 Å². The smallest absolute Gasteiger partial charge is 0.313 e. The van der Waals surface area contributed by atoms with Crippen molar-refractivity contribution in [3.63, 3.8) is 0 Å². The van der Waals surface area contributed by atoms with E-state index in [9.17, 15) is 22.8 Å². The Kier molecular flexibility index (Phi) is 8.34. The Morgan fingerprint density at radius 1 is 1.24 bits per heavy atom. The molecular weight excluding hydrogens is 400 g/mol. The summed E-state index contributed by atoms with van der Waals surface area (Å²) in [6.45, 7) is 17.6. The van der Waals surface area contributed by atoms with Crippen molar-refractivity contribution in [3.05, 3.63) is 71.9 Å². The van der Waals surface area contributed by atoms with Gasteiger partial charge in [-0.1, -0.05) is 32.2 Å². The van der Waals surface area contributed by atoms with Gasteiger partial charge in [-0.2, -0.15) is 18.4 Å². The molecule has 1 unspecified atom stereocenters. The summed E-state index contributed by atoms with van der Waals surface area (Å²) in [5.41, 5.74) is 0.353. The largest absolute Gasteiger partial charge is 0.412 e. The number of thioether (sulfide) groups is 1. The Bertz CT molecular complexity index is 891. The van der Waals surface area contributed by atoms with Gasteiger partial charge >= 0.3 is 6.18 Å². The highest BCUT2D eigenvalue weighted by molar-refractivity contribution is 8.00. The standard InChI is InChI=1S/C22H24F4N2S/c1-8-20(13(2)3)29-21-11-19(18(23)10-17(21)12-27)28(14(4)5)16(7)9-15(6)22(24,25)26/h9-11,20H,2,4,7-8H2,1,3,5-6H3/b15-9+. The van der Waals surface area contributed by atoms with Gasteiger partial charge in [0.2, 0.25) is 0 Å². The lowest BCUT2D eigenvalue weighted by atomic mass is 10.1. The zero-order valence-electron chi connectivity index (χ0n) is 17.0. The Labute approximate surface area is 173 Å². The van der Waals surface area contributed by atoms with Crippen LogP contribution in [0.5, 0.6) is 0 Å². The van der Waals surface area contributed by atoms with Crippen molar-refractivity contribution in [3.8, 4) is 6.07 Å². The number of hydrogen-bond acceptors (Lipinski definition) is 3.